The summed E-state index contributed by atoms with van der Waals surface area (Å²) in [5.74, 6) is 0.555. The topological polar surface area (TPSA) is 44.8 Å². The van der Waals surface area contributed by atoms with Crippen molar-refractivity contribution in [1.82, 2.24) is 15.2 Å². The third-order valence-electron chi connectivity index (χ3n) is 4.38. The van der Waals surface area contributed by atoms with E-state index < -0.39 is 0 Å². The first-order valence-corrected chi connectivity index (χ1v) is 7.51. The van der Waals surface area contributed by atoms with Crippen molar-refractivity contribution in [3.8, 4) is 0 Å². The first-order valence-electron chi connectivity index (χ1n) is 7.51. The van der Waals surface area contributed by atoms with Gasteiger partial charge in [-0.2, -0.15) is 5.10 Å². The summed E-state index contributed by atoms with van der Waals surface area (Å²) in [5, 5.41) is 8.70. The van der Waals surface area contributed by atoms with Gasteiger partial charge in [0, 0.05) is 42.0 Å². The lowest BCUT2D eigenvalue weighted by Crippen LogP contribution is -2.32. The number of aromatic amines is 1. The maximum Gasteiger partial charge on any atom is 0.181 e. The molecule has 106 valence electrons. The molecule has 3 aromatic rings. The number of rotatable bonds is 2. The lowest BCUT2D eigenvalue weighted by Gasteiger charge is -2.33. The summed E-state index contributed by atoms with van der Waals surface area (Å²) in [5.41, 5.74) is 3.41. The number of para-hydroxylation sites is 1. The zero-order chi connectivity index (χ0) is 14.1. The fourth-order valence-corrected chi connectivity index (χ4v) is 3.25. The van der Waals surface area contributed by atoms with Crippen molar-refractivity contribution in [1.29, 1.82) is 0 Å². The second kappa shape index (κ2) is 5.20. The SMILES string of the molecule is c1ccc(N2CCC(c3[nH]nc4ncccc34)CC2)cc1. The number of H-pyrrole nitrogens is 1. The Morgan fingerprint density at radius 3 is 2.62 bits per heavy atom. The van der Waals surface area contributed by atoms with Crippen LogP contribution in [0.4, 0.5) is 5.69 Å². The van der Waals surface area contributed by atoms with Gasteiger partial charge in [0.15, 0.2) is 5.65 Å². The summed E-state index contributed by atoms with van der Waals surface area (Å²) in [6, 6.07) is 14.8. The first kappa shape index (κ1) is 12.4. The number of pyridine rings is 1. The molecule has 0 spiro atoms. The van der Waals surface area contributed by atoms with Gasteiger partial charge in [0.25, 0.3) is 0 Å². The maximum absolute atomic E-state index is 4.32. The smallest absolute Gasteiger partial charge is 0.181 e. The van der Waals surface area contributed by atoms with Gasteiger partial charge in [-0.15, -0.1) is 0 Å². The fourth-order valence-electron chi connectivity index (χ4n) is 3.25. The molecule has 0 radical (unpaired) electrons. The molecule has 1 N–H and O–H groups in total. The Hall–Kier alpha value is -2.36. The minimum atomic E-state index is 0.555. The zero-order valence-corrected chi connectivity index (χ0v) is 11.9. The minimum Gasteiger partial charge on any atom is -0.371 e. The molecule has 1 fully saturated rings. The number of nitrogens with zero attached hydrogens (tertiary/aromatic N) is 3. The summed E-state index contributed by atoms with van der Waals surface area (Å²) in [7, 11) is 0. The summed E-state index contributed by atoms with van der Waals surface area (Å²) in [6.45, 7) is 2.19. The molecule has 0 bridgehead atoms. The van der Waals surface area contributed by atoms with Crippen LogP contribution in [-0.2, 0) is 0 Å². The Labute approximate surface area is 123 Å². The van der Waals surface area contributed by atoms with Gasteiger partial charge < -0.3 is 4.90 Å². The molecule has 1 aromatic carbocycles. The van der Waals surface area contributed by atoms with E-state index >= 15 is 0 Å². The van der Waals surface area contributed by atoms with Crippen LogP contribution in [0.5, 0.6) is 0 Å². The van der Waals surface area contributed by atoms with Crippen molar-refractivity contribution in [2.45, 2.75) is 18.8 Å². The van der Waals surface area contributed by atoms with E-state index in [1.165, 1.54) is 16.8 Å². The molecule has 2 aromatic heterocycles. The Balaban J connectivity index is 1.53. The molecule has 4 heteroatoms. The molecule has 1 saturated heterocycles. The number of fused-ring (bicyclic) bond motifs is 1. The third kappa shape index (κ3) is 2.27. The van der Waals surface area contributed by atoms with E-state index in [0.717, 1.165) is 31.6 Å². The van der Waals surface area contributed by atoms with E-state index in [2.05, 4.69) is 56.5 Å². The number of hydrogen-bond donors (Lipinski definition) is 1. The van der Waals surface area contributed by atoms with Crippen LogP contribution in [0.25, 0.3) is 11.0 Å². The first-order chi connectivity index (χ1) is 10.4. The number of anilines is 1. The predicted molar refractivity (Wildman–Crippen MR) is 84.5 cm³/mol. The monoisotopic (exact) mass is 278 g/mol. The highest BCUT2D eigenvalue weighted by molar-refractivity contribution is 5.77. The van der Waals surface area contributed by atoms with Crippen LogP contribution < -0.4 is 4.90 Å². The molecule has 0 unspecified atom stereocenters. The van der Waals surface area contributed by atoms with Gasteiger partial charge in [-0.3, -0.25) is 5.10 Å². The van der Waals surface area contributed by atoms with Crippen LogP contribution >= 0.6 is 0 Å². The number of hydrogen-bond acceptors (Lipinski definition) is 3. The van der Waals surface area contributed by atoms with Crippen LogP contribution in [0.3, 0.4) is 0 Å². The van der Waals surface area contributed by atoms with Gasteiger partial charge in [-0.1, -0.05) is 18.2 Å². The van der Waals surface area contributed by atoms with E-state index in [0.29, 0.717) is 5.92 Å². The average Bonchev–Trinajstić information content (AvgIpc) is 3.00. The van der Waals surface area contributed by atoms with E-state index in [1.807, 2.05) is 6.07 Å². The Bertz CT molecular complexity index is 727. The number of benzene rings is 1. The van der Waals surface area contributed by atoms with Crippen molar-refractivity contribution in [2.24, 2.45) is 0 Å². The number of aromatic nitrogens is 3. The van der Waals surface area contributed by atoms with Crippen LogP contribution in [0.1, 0.15) is 24.5 Å². The second-order valence-corrected chi connectivity index (χ2v) is 5.61. The lowest BCUT2D eigenvalue weighted by atomic mass is 9.92. The predicted octanol–water partition coefficient (Wildman–Crippen LogP) is 3.34. The molecule has 0 amide bonds. The standard InChI is InChI=1S/C17H18N4/c1-2-5-14(6-3-1)21-11-8-13(9-12-21)16-15-7-4-10-18-17(15)20-19-16/h1-7,10,13H,8-9,11-12H2,(H,18,19,20). The van der Waals surface area contributed by atoms with Crippen LogP contribution in [0.15, 0.2) is 48.7 Å². The van der Waals surface area contributed by atoms with E-state index in [-0.39, 0.29) is 0 Å². The Morgan fingerprint density at radius 1 is 1.00 bits per heavy atom. The van der Waals surface area contributed by atoms with Gasteiger partial charge >= 0.3 is 0 Å². The van der Waals surface area contributed by atoms with Crippen LogP contribution in [0.2, 0.25) is 0 Å². The normalized spacial score (nSPS) is 16.5. The van der Waals surface area contributed by atoms with Crippen molar-refractivity contribution in [2.75, 3.05) is 18.0 Å². The molecule has 1 aliphatic rings. The summed E-state index contributed by atoms with van der Waals surface area (Å²) in [6.07, 6.45) is 4.10. The van der Waals surface area contributed by atoms with Gasteiger partial charge in [0.05, 0.1) is 0 Å². The molecule has 0 aliphatic carbocycles. The maximum atomic E-state index is 4.32. The Kier molecular flexibility index (Phi) is 3.07. The van der Waals surface area contributed by atoms with E-state index in [4.69, 9.17) is 0 Å². The highest BCUT2D eigenvalue weighted by atomic mass is 15.2. The van der Waals surface area contributed by atoms with Crippen LogP contribution in [-0.4, -0.2) is 28.3 Å². The van der Waals surface area contributed by atoms with Crippen molar-refractivity contribution in [3.05, 3.63) is 54.4 Å². The summed E-state index contributed by atoms with van der Waals surface area (Å²) >= 11 is 0. The largest absolute Gasteiger partial charge is 0.371 e. The lowest BCUT2D eigenvalue weighted by molar-refractivity contribution is 0.498. The molecule has 0 saturated carbocycles. The van der Waals surface area contributed by atoms with Crippen LogP contribution in [0, 0.1) is 0 Å². The Morgan fingerprint density at radius 2 is 1.81 bits per heavy atom. The molecule has 21 heavy (non-hydrogen) atoms. The third-order valence-corrected chi connectivity index (χ3v) is 4.38. The van der Waals surface area contributed by atoms with Crippen molar-refractivity contribution in [3.63, 3.8) is 0 Å². The highest BCUT2D eigenvalue weighted by Gasteiger charge is 2.23. The van der Waals surface area contributed by atoms with E-state index in [1.54, 1.807) is 6.20 Å². The molecule has 4 rings (SSSR count). The minimum absolute atomic E-state index is 0.555. The van der Waals surface area contributed by atoms with Crippen molar-refractivity contribution >= 4 is 16.7 Å². The number of nitrogens with one attached hydrogen (secondary N) is 1. The van der Waals surface area contributed by atoms with Gasteiger partial charge in [-0.05, 0) is 37.1 Å². The molecular weight excluding hydrogens is 260 g/mol. The molecule has 3 heterocycles. The second-order valence-electron chi connectivity index (χ2n) is 5.61. The van der Waals surface area contributed by atoms with Gasteiger partial charge in [0.2, 0.25) is 0 Å². The zero-order valence-electron chi connectivity index (χ0n) is 11.9. The van der Waals surface area contributed by atoms with Gasteiger partial charge in [0.1, 0.15) is 0 Å². The van der Waals surface area contributed by atoms with Gasteiger partial charge in [-0.25, -0.2) is 4.98 Å². The fraction of sp³-hybridized carbons (Fsp3) is 0.294. The quantitative estimate of drug-likeness (QED) is 0.782. The van der Waals surface area contributed by atoms with E-state index in [9.17, 15) is 0 Å². The average molecular weight is 278 g/mol. The molecule has 0 atom stereocenters. The molecule has 1 aliphatic heterocycles. The van der Waals surface area contributed by atoms with Crippen molar-refractivity contribution < 1.29 is 0 Å². The molecule has 4 nitrogen and oxygen atoms in total. The highest BCUT2D eigenvalue weighted by Crippen LogP contribution is 2.32. The summed E-state index contributed by atoms with van der Waals surface area (Å²) in [4.78, 5) is 6.77. The molecular formula is C17H18N4. The summed E-state index contributed by atoms with van der Waals surface area (Å²) < 4.78 is 0. The number of piperidine rings is 1.